The Morgan fingerprint density at radius 3 is 2.56 bits per heavy atom. The number of nitrogens with one attached hydrogen (secondary N) is 1. The number of carbonyl (C=O) groups is 1. The molecule has 0 saturated heterocycles. The monoisotopic (exact) mass is 457 g/mol. The molecule has 0 aliphatic rings. The van der Waals surface area contributed by atoms with Gasteiger partial charge in [0, 0.05) is 12.1 Å². The molecule has 6 heteroatoms. The number of aryl methyl sites for hydroxylation is 1. The minimum absolute atomic E-state index is 0.161. The van der Waals surface area contributed by atoms with Crippen molar-refractivity contribution in [2.75, 3.05) is 13.7 Å². The number of carbonyl (C=O) groups excluding carboxylic acids is 1. The number of rotatable bonds is 10. The van der Waals surface area contributed by atoms with Crippen molar-refractivity contribution in [1.82, 2.24) is 14.9 Å². The molecule has 6 nitrogen and oxygen atoms in total. The van der Waals surface area contributed by atoms with Crippen LogP contribution in [0.1, 0.15) is 47.9 Å². The molecule has 1 N–H and O–H groups in total. The zero-order valence-corrected chi connectivity index (χ0v) is 20.0. The lowest BCUT2D eigenvalue weighted by molar-refractivity contribution is 0.0949. The van der Waals surface area contributed by atoms with E-state index in [4.69, 9.17) is 14.5 Å². The van der Waals surface area contributed by atoms with Gasteiger partial charge in [-0.15, -0.1) is 0 Å². The topological polar surface area (TPSA) is 65.4 Å². The average molecular weight is 458 g/mol. The highest BCUT2D eigenvalue weighted by molar-refractivity contribution is 5.94. The summed E-state index contributed by atoms with van der Waals surface area (Å²) in [5, 5.41) is 2.99. The van der Waals surface area contributed by atoms with Gasteiger partial charge < -0.3 is 19.4 Å². The van der Waals surface area contributed by atoms with Gasteiger partial charge in [-0.3, -0.25) is 4.79 Å². The van der Waals surface area contributed by atoms with Gasteiger partial charge in [0.15, 0.2) is 0 Å². The van der Waals surface area contributed by atoms with Crippen LogP contribution in [0.2, 0.25) is 0 Å². The van der Waals surface area contributed by atoms with Gasteiger partial charge in [-0.1, -0.05) is 44.2 Å². The molecular weight excluding hydrogens is 426 g/mol. The van der Waals surface area contributed by atoms with Gasteiger partial charge in [0.05, 0.1) is 31.3 Å². The molecule has 1 aromatic heterocycles. The minimum Gasteiger partial charge on any atom is -0.497 e. The van der Waals surface area contributed by atoms with Crippen LogP contribution in [0.5, 0.6) is 11.5 Å². The van der Waals surface area contributed by atoms with Crippen LogP contribution in [0, 0.1) is 0 Å². The maximum Gasteiger partial charge on any atom is 0.251 e. The second-order valence-electron chi connectivity index (χ2n) is 8.51. The maximum absolute atomic E-state index is 12.7. The third kappa shape index (κ3) is 5.57. The summed E-state index contributed by atoms with van der Waals surface area (Å²) in [5.74, 6) is 2.69. The van der Waals surface area contributed by atoms with E-state index in [-0.39, 0.29) is 5.91 Å². The summed E-state index contributed by atoms with van der Waals surface area (Å²) < 4.78 is 13.3. The summed E-state index contributed by atoms with van der Waals surface area (Å²) >= 11 is 0. The van der Waals surface area contributed by atoms with Crippen molar-refractivity contribution in [1.29, 1.82) is 0 Å². The van der Waals surface area contributed by atoms with Crippen molar-refractivity contribution >= 4 is 16.9 Å². The predicted molar refractivity (Wildman–Crippen MR) is 135 cm³/mol. The van der Waals surface area contributed by atoms with Gasteiger partial charge in [0.2, 0.25) is 0 Å². The molecule has 34 heavy (non-hydrogen) atoms. The van der Waals surface area contributed by atoms with Crippen LogP contribution < -0.4 is 14.8 Å². The molecule has 1 heterocycles. The Labute approximate surface area is 200 Å². The first-order chi connectivity index (χ1) is 16.5. The molecule has 1 amide bonds. The number of amides is 1. The highest BCUT2D eigenvalue weighted by Crippen LogP contribution is 2.20. The first-order valence-corrected chi connectivity index (χ1v) is 11.6. The van der Waals surface area contributed by atoms with Gasteiger partial charge in [-0.05, 0) is 60.4 Å². The Bertz CT molecular complexity index is 1250. The summed E-state index contributed by atoms with van der Waals surface area (Å²) in [4.78, 5) is 17.4. The molecule has 0 bridgehead atoms. The molecule has 4 rings (SSSR count). The lowest BCUT2D eigenvalue weighted by Gasteiger charge is -2.12. The first kappa shape index (κ1) is 23.4. The van der Waals surface area contributed by atoms with Crippen LogP contribution in [0.4, 0.5) is 0 Å². The molecule has 0 spiro atoms. The number of imidazole rings is 1. The van der Waals surface area contributed by atoms with Crippen LogP contribution in [-0.2, 0) is 13.1 Å². The van der Waals surface area contributed by atoms with Gasteiger partial charge in [-0.25, -0.2) is 4.98 Å². The second kappa shape index (κ2) is 10.9. The third-order valence-electron chi connectivity index (χ3n) is 5.81. The molecule has 0 fully saturated rings. The summed E-state index contributed by atoms with van der Waals surface area (Å²) in [6.45, 7) is 6.05. The van der Waals surface area contributed by atoms with Crippen molar-refractivity contribution in [2.24, 2.45) is 0 Å². The lowest BCUT2D eigenvalue weighted by Crippen LogP contribution is -2.25. The number of fused-ring (bicyclic) bond motifs is 1. The fourth-order valence-electron chi connectivity index (χ4n) is 3.90. The van der Waals surface area contributed by atoms with E-state index >= 15 is 0 Å². The van der Waals surface area contributed by atoms with E-state index in [0.717, 1.165) is 35.6 Å². The molecule has 4 aromatic rings. The highest BCUT2D eigenvalue weighted by Gasteiger charge is 2.13. The Morgan fingerprint density at radius 1 is 1.00 bits per heavy atom. The van der Waals surface area contributed by atoms with Crippen LogP contribution in [0.3, 0.4) is 0 Å². The Balaban J connectivity index is 1.40. The number of nitrogens with zero attached hydrogens (tertiary/aromatic N) is 2. The van der Waals surface area contributed by atoms with Crippen molar-refractivity contribution in [3.63, 3.8) is 0 Å². The molecule has 0 atom stereocenters. The van der Waals surface area contributed by atoms with Crippen molar-refractivity contribution in [3.05, 3.63) is 89.7 Å². The molecule has 0 radical (unpaired) electrons. The number of hydrogen-bond donors (Lipinski definition) is 1. The number of hydrogen-bond acceptors (Lipinski definition) is 4. The number of methoxy groups -OCH3 is 1. The van der Waals surface area contributed by atoms with Crippen molar-refractivity contribution in [3.8, 4) is 11.5 Å². The Morgan fingerprint density at radius 2 is 1.79 bits per heavy atom. The van der Waals surface area contributed by atoms with Crippen LogP contribution in [0.15, 0.2) is 72.8 Å². The summed E-state index contributed by atoms with van der Waals surface area (Å²) in [7, 11) is 1.59. The van der Waals surface area contributed by atoms with E-state index in [1.54, 1.807) is 25.3 Å². The first-order valence-electron chi connectivity index (χ1n) is 11.6. The van der Waals surface area contributed by atoms with E-state index in [1.807, 2.05) is 36.4 Å². The Hall–Kier alpha value is -3.80. The summed E-state index contributed by atoms with van der Waals surface area (Å²) in [6.07, 6.45) is 0.823. The molecule has 0 unspecified atom stereocenters. The third-order valence-corrected chi connectivity index (χ3v) is 5.81. The molecule has 176 valence electrons. The molecule has 0 saturated carbocycles. The Kier molecular flexibility index (Phi) is 7.48. The summed E-state index contributed by atoms with van der Waals surface area (Å²) in [6, 6.07) is 23.4. The van der Waals surface area contributed by atoms with Crippen molar-refractivity contribution in [2.45, 2.75) is 39.3 Å². The van der Waals surface area contributed by atoms with E-state index in [0.29, 0.717) is 30.4 Å². The fraction of sp³-hybridized carbons (Fsp3) is 0.286. The number of para-hydroxylation sites is 2. The molecule has 3 aromatic carbocycles. The van der Waals surface area contributed by atoms with Crippen LogP contribution in [0.25, 0.3) is 11.0 Å². The standard InChI is InChI=1S/C28H31N3O3/c1-20(2)21-12-14-23(15-13-21)34-17-7-16-31-26-11-5-4-10-25(26)30-27(31)19-29-28(32)22-8-6-9-24(18-22)33-3/h4-6,8-15,18,20H,7,16-17,19H2,1-3H3,(H,29,32). The highest BCUT2D eigenvalue weighted by atomic mass is 16.5. The van der Waals surface area contributed by atoms with Crippen LogP contribution in [-0.4, -0.2) is 29.2 Å². The zero-order valence-electron chi connectivity index (χ0n) is 20.0. The molecule has 0 aliphatic carbocycles. The van der Waals surface area contributed by atoms with Crippen LogP contribution >= 0.6 is 0 Å². The fourth-order valence-corrected chi connectivity index (χ4v) is 3.90. The quantitative estimate of drug-likeness (QED) is 0.316. The lowest BCUT2D eigenvalue weighted by atomic mass is 10.0. The van der Waals surface area contributed by atoms with E-state index in [9.17, 15) is 4.79 Å². The van der Waals surface area contributed by atoms with Gasteiger partial charge in [-0.2, -0.15) is 0 Å². The van der Waals surface area contributed by atoms with Crippen molar-refractivity contribution < 1.29 is 14.3 Å². The molecular formula is C28H31N3O3. The zero-order chi connectivity index (χ0) is 23.9. The van der Waals surface area contributed by atoms with Gasteiger partial charge >= 0.3 is 0 Å². The van der Waals surface area contributed by atoms with E-state index < -0.39 is 0 Å². The number of benzene rings is 3. The molecule has 0 aliphatic heterocycles. The number of ether oxygens (including phenoxy) is 2. The minimum atomic E-state index is -0.161. The maximum atomic E-state index is 12.7. The summed E-state index contributed by atoms with van der Waals surface area (Å²) in [5.41, 5.74) is 3.82. The number of aromatic nitrogens is 2. The SMILES string of the molecule is COc1cccc(C(=O)NCc2nc3ccccc3n2CCCOc2ccc(C(C)C)cc2)c1. The van der Waals surface area contributed by atoms with E-state index in [1.165, 1.54) is 5.56 Å². The van der Waals surface area contributed by atoms with Gasteiger partial charge in [0.25, 0.3) is 5.91 Å². The predicted octanol–water partition coefficient (Wildman–Crippen LogP) is 5.57. The largest absolute Gasteiger partial charge is 0.497 e. The second-order valence-corrected chi connectivity index (χ2v) is 8.51. The average Bonchev–Trinajstić information content (AvgIpc) is 3.22. The van der Waals surface area contributed by atoms with Gasteiger partial charge in [0.1, 0.15) is 17.3 Å². The van der Waals surface area contributed by atoms with E-state index in [2.05, 4.69) is 41.9 Å². The normalized spacial score (nSPS) is 11.1. The smallest absolute Gasteiger partial charge is 0.251 e.